The second-order valence-corrected chi connectivity index (χ2v) is 10.8. The lowest BCUT2D eigenvalue weighted by molar-refractivity contribution is -0.137. The van der Waals surface area contributed by atoms with Crippen LogP contribution < -0.4 is 4.74 Å². The molecule has 0 aliphatic carbocycles. The van der Waals surface area contributed by atoms with Crippen LogP contribution in [0.3, 0.4) is 0 Å². The highest BCUT2D eigenvalue weighted by Gasteiger charge is 2.35. The lowest BCUT2D eigenvalue weighted by Crippen LogP contribution is -2.37. The molecule has 6 nitrogen and oxygen atoms in total. The van der Waals surface area contributed by atoms with Crippen molar-refractivity contribution in [3.63, 3.8) is 0 Å². The van der Waals surface area contributed by atoms with Crippen molar-refractivity contribution < 1.29 is 41.2 Å². The molecule has 0 bridgehead atoms. The van der Waals surface area contributed by atoms with Gasteiger partial charge in [0.1, 0.15) is 23.8 Å². The predicted octanol–water partition coefficient (Wildman–Crippen LogP) is 6.03. The van der Waals surface area contributed by atoms with Gasteiger partial charge in [-0.1, -0.05) is 24.3 Å². The van der Waals surface area contributed by atoms with Crippen molar-refractivity contribution in [2.45, 2.75) is 49.6 Å². The molecule has 1 aliphatic heterocycles. The first-order valence-corrected chi connectivity index (χ1v) is 13.6. The maximum absolute atomic E-state index is 13.5. The van der Waals surface area contributed by atoms with Crippen molar-refractivity contribution in [1.29, 1.82) is 0 Å². The van der Waals surface area contributed by atoms with Gasteiger partial charge in [0.25, 0.3) is 0 Å². The molecule has 11 heteroatoms. The van der Waals surface area contributed by atoms with E-state index in [0.717, 1.165) is 24.1 Å². The normalized spacial score (nSPS) is 16.6. The third kappa shape index (κ3) is 6.78. The first-order valence-electron chi connectivity index (χ1n) is 12.5. The molecule has 0 radical (unpaired) electrons. The van der Waals surface area contributed by atoms with Crippen LogP contribution in [0.15, 0.2) is 82.3 Å². The van der Waals surface area contributed by atoms with Gasteiger partial charge < -0.3 is 14.6 Å². The standard InChI is InChI=1S/C29H25F4NO4S.H2O/c30-23-11-13-27-21(16-23)17-28(38-27)39(36)34-14-2-5-25(34)26(35)12-8-19-3-1-4-24(15-19)37-18-20-6-9-22(10-7-20)29(31,32)33;/h1,3-4,6-7,9-11,13,15-17,25H,2,5,8,12,14,18H2;1H2/t25-,39?;/m0./s1. The van der Waals surface area contributed by atoms with Crippen LogP contribution in [0.25, 0.3) is 11.0 Å². The quantitative estimate of drug-likeness (QED) is 0.227. The van der Waals surface area contributed by atoms with Gasteiger partial charge in [0.05, 0.1) is 11.6 Å². The predicted molar refractivity (Wildman–Crippen MR) is 141 cm³/mol. The summed E-state index contributed by atoms with van der Waals surface area (Å²) in [5.41, 5.74) is 1.20. The number of halogens is 4. The van der Waals surface area contributed by atoms with Crippen LogP contribution in [0.5, 0.6) is 5.75 Å². The maximum Gasteiger partial charge on any atom is 0.416 e. The number of aryl methyl sites for hydroxylation is 1. The van der Waals surface area contributed by atoms with Gasteiger partial charge in [-0.15, -0.1) is 0 Å². The van der Waals surface area contributed by atoms with Gasteiger partial charge in [-0.3, -0.25) is 4.79 Å². The van der Waals surface area contributed by atoms with Crippen molar-refractivity contribution in [2.75, 3.05) is 6.54 Å². The highest BCUT2D eigenvalue weighted by atomic mass is 32.2. The summed E-state index contributed by atoms with van der Waals surface area (Å²) in [5.74, 6) is 0.104. The zero-order valence-corrected chi connectivity index (χ0v) is 22.1. The summed E-state index contributed by atoms with van der Waals surface area (Å²) in [5, 5.41) is 0.703. The van der Waals surface area contributed by atoms with E-state index in [2.05, 4.69) is 0 Å². The summed E-state index contributed by atoms with van der Waals surface area (Å²) < 4.78 is 78.0. The second kappa shape index (κ2) is 12.3. The minimum absolute atomic E-state index is 0. The van der Waals surface area contributed by atoms with E-state index in [0.29, 0.717) is 41.7 Å². The van der Waals surface area contributed by atoms with Crippen LogP contribution in [0.2, 0.25) is 0 Å². The topological polar surface area (TPSA) is 91.2 Å². The molecule has 0 saturated carbocycles. The fraction of sp³-hybridized carbons (Fsp3) is 0.276. The average molecular weight is 578 g/mol. The van der Waals surface area contributed by atoms with Crippen LogP contribution in [-0.2, 0) is 35.0 Å². The van der Waals surface area contributed by atoms with E-state index in [4.69, 9.17) is 9.15 Å². The van der Waals surface area contributed by atoms with Crippen molar-refractivity contribution >= 4 is 27.7 Å². The lowest BCUT2D eigenvalue weighted by atomic mass is 10.0. The van der Waals surface area contributed by atoms with Crippen molar-refractivity contribution in [2.24, 2.45) is 0 Å². The average Bonchev–Trinajstić information content (AvgIpc) is 3.57. The number of ketones is 1. The lowest BCUT2D eigenvalue weighted by Gasteiger charge is -2.21. The summed E-state index contributed by atoms with van der Waals surface area (Å²) in [6.07, 6.45) is -2.37. The molecule has 0 amide bonds. The van der Waals surface area contributed by atoms with Gasteiger partial charge in [0.15, 0.2) is 16.8 Å². The summed E-state index contributed by atoms with van der Waals surface area (Å²) in [6, 6.07) is 17.1. The Balaban J connectivity index is 0.00000370. The first-order chi connectivity index (χ1) is 18.7. The number of Topliss-reactive ketones (excluding diaryl/α,β-unsaturated/α-hetero) is 1. The van der Waals surface area contributed by atoms with E-state index >= 15 is 0 Å². The third-order valence-corrected chi connectivity index (χ3v) is 8.07. The van der Waals surface area contributed by atoms with E-state index in [9.17, 15) is 26.6 Å². The molecule has 3 aromatic carbocycles. The molecule has 1 fully saturated rings. The summed E-state index contributed by atoms with van der Waals surface area (Å²) in [6.45, 7) is 0.597. The molecule has 1 aromatic heterocycles. The Morgan fingerprint density at radius 2 is 1.80 bits per heavy atom. The number of furan rings is 1. The summed E-state index contributed by atoms with van der Waals surface area (Å²) in [4.78, 5) is 13.1. The number of rotatable bonds is 9. The Morgan fingerprint density at radius 1 is 1.02 bits per heavy atom. The minimum atomic E-state index is -4.39. The number of carbonyl (C=O) groups excluding carboxylic acids is 1. The summed E-state index contributed by atoms with van der Waals surface area (Å²) >= 11 is 0. The van der Waals surface area contributed by atoms with E-state index < -0.39 is 34.6 Å². The zero-order chi connectivity index (χ0) is 27.6. The molecule has 1 unspecified atom stereocenters. The smallest absolute Gasteiger partial charge is 0.416 e. The molecule has 4 aromatic rings. The van der Waals surface area contributed by atoms with Crippen LogP contribution >= 0.6 is 0 Å². The van der Waals surface area contributed by atoms with Gasteiger partial charge in [-0.05, 0) is 72.9 Å². The Labute approximate surface area is 230 Å². The fourth-order valence-electron chi connectivity index (χ4n) is 4.63. The van der Waals surface area contributed by atoms with Gasteiger partial charge in [-0.2, -0.15) is 13.2 Å². The molecule has 2 atom stereocenters. The van der Waals surface area contributed by atoms with Crippen LogP contribution in [0, 0.1) is 5.82 Å². The first kappa shape index (κ1) is 29.4. The Kier molecular flexibility index (Phi) is 9.07. The fourth-order valence-corrected chi connectivity index (χ4v) is 6.00. The van der Waals surface area contributed by atoms with Gasteiger partial charge in [-0.25, -0.2) is 12.9 Å². The molecular weight excluding hydrogens is 550 g/mol. The molecule has 2 N–H and O–H groups in total. The van der Waals surface area contributed by atoms with Crippen molar-refractivity contribution in [3.8, 4) is 5.75 Å². The van der Waals surface area contributed by atoms with Gasteiger partial charge in [0, 0.05) is 24.4 Å². The highest BCUT2D eigenvalue weighted by molar-refractivity contribution is 7.82. The maximum atomic E-state index is 13.5. The molecule has 2 heterocycles. The minimum Gasteiger partial charge on any atom is -0.489 e. The highest BCUT2D eigenvalue weighted by Crippen LogP contribution is 2.30. The van der Waals surface area contributed by atoms with Gasteiger partial charge in [0.2, 0.25) is 5.09 Å². The van der Waals surface area contributed by atoms with Crippen molar-refractivity contribution in [3.05, 3.63) is 95.3 Å². The molecule has 1 saturated heterocycles. The zero-order valence-electron chi connectivity index (χ0n) is 21.2. The van der Waals surface area contributed by atoms with Crippen LogP contribution in [0.4, 0.5) is 17.6 Å². The monoisotopic (exact) mass is 577 g/mol. The molecular formula is C29H27F4NO5S. The van der Waals surface area contributed by atoms with E-state index in [1.807, 2.05) is 6.07 Å². The van der Waals surface area contributed by atoms with E-state index in [1.54, 1.807) is 28.6 Å². The molecule has 5 rings (SSSR count). The number of ether oxygens (including phenoxy) is 1. The Hall–Kier alpha value is -3.54. The number of benzene rings is 3. The van der Waals surface area contributed by atoms with E-state index in [1.165, 1.54) is 30.3 Å². The molecule has 40 heavy (non-hydrogen) atoms. The molecule has 0 spiro atoms. The third-order valence-electron chi connectivity index (χ3n) is 6.66. The Morgan fingerprint density at radius 3 is 2.55 bits per heavy atom. The summed E-state index contributed by atoms with van der Waals surface area (Å²) in [7, 11) is -1.69. The van der Waals surface area contributed by atoms with Gasteiger partial charge >= 0.3 is 6.18 Å². The van der Waals surface area contributed by atoms with E-state index in [-0.39, 0.29) is 29.4 Å². The molecule has 212 valence electrons. The largest absolute Gasteiger partial charge is 0.489 e. The number of carbonyl (C=O) groups is 1. The van der Waals surface area contributed by atoms with Crippen molar-refractivity contribution in [1.82, 2.24) is 4.31 Å². The number of hydrogen-bond donors (Lipinski definition) is 0. The SMILES string of the molecule is O.O=C(CCc1cccc(OCc2ccc(C(F)(F)F)cc2)c1)[C@@H]1CCCN1S(=O)c1cc2cc(F)ccc2o1. The number of hydrogen-bond acceptors (Lipinski definition) is 4. The van der Waals surface area contributed by atoms with Crippen LogP contribution in [0.1, 0.15) is 36.0 Å². The second-order valence-electron chi connectivity index (χ2n) is 9.39. The number of nitrogens with zero attached hydrogens (tertiary/aromatic N) is 1. The number of fused-ring (bicyclic) bond motifs is 1. The Bertz CT molecular complexity index is 1500. The van der Waals surface area contributed by atoms with Crippen LogP contribution in [-0.4, -0.2) is 32.4 Å². The molecule has 1 aliphatic rings. The number of alkyl halides is 3.